The van der Waals surface area contributed by atoms with Crippen LogP contribution in [0.4, 0.5) is 0 Å². The zero-order valence-electron chi connectivity index (χ0n) is 10.9. The van der Waals surface area contributed by atoms with Gasteiger partial charge in [-0.05, 0) is 31.0 Å². The second-order valence-electron chi connectivity index (χ2n) is 4.68. The molecule has 1 aliphatic rings. The fourth-order valence-electron chi connectivity index (χ4n) is 2.27. The first-order chi connectivity index (χ1) is 9.61. The third-order valence-electron chi connectivity index (χ3n) is 3.32. The molecule has 1 aliphatic heterocycles. The van der Waals surface area contributed by atoms with Crippen LogP contribution in [0.1, 0.15) is 23.2 Å². The van der Waals surface area contributed by atoms with Crippen LogP contribution in [0.25, 0.3) is 0 Å². The van der Waals surface area contributed by atoms with Gasteiger partial charge in [0.2, 0.25) is 0 Å². The lowest BCUT2D eigenvalue weighted by atomic mass is 10.1. The van der Waals surface area contributed by atoms with Crippen molar-refractivity contribution >= 4 is 49.4 Å². The van der Waals surface area contributed by atoms with Gasteiger partial charge in [0.25, 0.3) is 5.91 Å². The van der Waals surface area contributed by atoms with Crippen LogP contribution in [0.15, 0.2) is 22.7 Å². The molecule has 0 saturated carbocycles. The van der Waals surface area contributed by atoms with E-state index in [-0.39, 0.29) is 12.0 Å². The third-order valence-corrected chi connectivity index (χ3v) is 4.47. The van der Waals surface area contributed by atoms with Crippen LogP contribution in [0.5, 0.6) is 0 Å². The molecule has 1 amide bonds. The van der Waals surface area contributed by atoms with Gasteiger partial charge in [-0.1, -0.05) is 43.5 Å². The molecule has 0 aliphatic carbocycles. The summed E-state index contributed by atoms with van der Waals surface area (Å²) in [5, 5.41) is 1.34. The molecule has 0 unspecified atom stereocenters. The molecule has 0 spiro atoms. The van der Waals surface area contributed by atoms with Crippen molar-refractivity contribution in [3.8, 4) is 0 Å². The van der Waals surface area contributed by atoms with Crippen molar-refractivity contribution in [1.29, 1.82) is 0 Å². The van der Waals surface area contributed by atoms with E-state index in [9.17, 15) is 4.79 Å². The molecule has 0 N–H and O–H groups in total. The highest BCUT2D eigenvalue weighted by molar-refractivity contribution is 9.10. The number of ether oxygens (including phenoxy) is 1. The Morgan fingerprint density at radius 2 is 2.10 bits per heavy atom. The van der Waals surface area contributed by atoms with E-state index in [0.29, 0.717) is 23.7 Å². The maximum atomic E-state index is 12.5. The Labute approximate surface area is 140 Å². The van der Waals surface area contributed by atoms with Gasteiger partial charge in [0.15, 0.2) is 0 Å². The van der Waals surface area contributed by atoms with E-state index in [1.165, 1.54) is 0 Å². The number of piperidine rings is 1. The molecule has 2 rings (SSSR count). The molecule has 1 fully saturated rings. The molecule has 1 aromatic rings. The number of hydrogen-bond acceptors (Lipinski definition) is 2. The predicted molar refractivity (Wildman–Crippen MR) is 87.8 cm³/mol. The highest BCUT2D eigenvalue weighted by atomic mass is 79.9. The van der Waals surface area contributed by atoms with Gasteiger partial charge >= 0.3 is 0 Å². The van der Waals surface area contributed by atoms with Gasteiger partial charge in [-0.15, -0.1) is 0 Å². The third kappa shape index (κ3) is 4.20. The first-order valence-electron chi connectivity index (χ1n) is 6.53. The topological polar surface area (TPSA) is 29.5 Å². The standard InChI is InChI=1S/C14H16Br2ClNO2/c15-5-8-20-11-3-6-18(7-4-11)14(19)12-9-10(16)1-2-13(12)17/h1-2,9,11H,3-8H2. The van der Waals surface area contributed by atoms with Crippen molar-refractivity contribution in [2.75, 3.05) is 25.0 Å². The van der Waals surface area contributed by atoms with Gasteiger partial charge in [-0.3, -0.25) is 4.79 Å². The number of nitrogens with zero attached hydrogens (tertiary/aromatic N) is 1. The van der Waals surface area contributed by atoms with E-state index >= 15 is 0 Å². The molecule has 6 heteroatoms. The summed E-state index contributed by atoms with van der Waals surface area (Å²) < 4.78 is 6.55. The number of halogens is 3. The number of hydrogen-bond donors (Lipinski definition) is 0. The summed E-state index contributed by atoms with van der Waals surface area (Å²) in [7, 11) is 0. The van der Waals surface area contributed by atoms with Crippen molar-refractivity contribution in [3.63, 3.8) is 0 Å². The molecule has 3 nitrogen and oxygen atoms in total. The van der Waals surface area contributed by atoms with Gasteiger partial charge in [0.05, 0.1) is 23.3 Å². The summed E-state index contributed by atoms with van der Waals surface area (Å²) in [6, 6.07) is 5.35. The number of carbonyl (C=O) groups is 1. The molecule has 0 radical (unpaired) electrons. The monoisotopic (exact) mass is 423 g/mol. The van der Waals surface area contributed by atoms with Gasteiger partial charge < -0.3 is 9.64 Å². The molecule has 20 heavy (non-hydrogen) atoms. The van der Waals surface area contributed by atoms with Crippen molar-refractivity contribution in [3.05, 3.63) is 33.3 Å². The molecule has 1 saturated heterocycles. The van der Waals surface area contributed by atoms with E-state index in [0.717, 1.165) is 29.3 Å². The second kappa shape index (κ2) is 7.78. The number of carbonyl (C=O) groups excluding carboxylic acids is 1. The number of amides is 1. The average Bonchev–Trinajstić information content (AvgIpc) is 2.47. The lowest BCUT2D eigenvalue weighted by Crippen LogP contribution is -2.41. The number of rotatable bonds is 4. The molecule has 0 bridgehead atoms. The van der Waals surface area contributed by atoms with Crippen LogP contribution >= 0.6 is 43.5 Å². The fraction of sp³-hybridized carbons (Fsp3) is 0.500. The van der Waals surface area contributed by atoms with Gasteiger partial charge in [-0.2, -0.15) is 0 Å². The quantitative estimate of drug-likeness (QED) is 0.680. The van der Waals surface area contributed by atoms with Crippen LogP contribution in [0.3, 0.4) is 0 Å². The molecular weight excluding hydrogens is 409 g/mol. The number of alkyl halides is 1. The smallest absolute Gasteiger partial charge is 0.255 e. The van der Waals surface area contributed by atoms with Crippen LogP contribution in [-0.2, 0) is 4.74 Å². The number of likely N-dealkylation sites (tertiary alicyclic amines) is 1. The van der Waals surface area contributed by atoms with E-state index < -0.39 is 0 Å². The molecule has 0 atom stereocenters. The summed E-state index contributed by atoms with van der Waals surface area (Å²) in [6.45, 7) is 2.15. The lowest BCUT2D eigenvalue weighted by Gasteiger charge is -2.32. The Bertz CT molecular complexity index is 476. The summed E-state index contributed by atoms with van der Waals surface area (Å²) in [6.07, 6.45) is 2.02. The average molecular weight is 426 g/mol. The molecular formula is C14H16Br2ClNO2. The normalized spacial score (nSPS) is 16.4. The van der Waals surface area contributed by atoms with Crippen molar-refractivity contribution in [2.24, 2.45) is 0 Å². The summed E-state index contributed by atoms with van der Waals surface area (Å²) in [5.41, 5.74) is 0.556. The minimum atomic E-state index is -0.00441. The number of benzene rings is 1. The molecule has 110 valence electrons. The van der Waals surface area contributed by atoms with Gasteiger partial charge in [0.1, 0.15) is 0 Å². The van der Waals surface area contributed by atoms with Crippen molar-refractivity contribution < 1.29 is 9.53 Å². The summed E-state index contributed by atoms with van der Waals surface area (Å²) >= 11 is 12.8. The lowest BCUT2D eigenvalue weighted by molar-refractivity contribution is 0.0160. The Hall–Kier alpha value is -0.100. The maximum absolute atomic E-state index is 12.5. The molecule has 0 aromatic heterocycles. The Kier molecular flexibility index (Phi) is 6.33. The zero-order valence-corrected chi connectivity index (χ0v) is 14.9. The second-order valence-corrected chi connectivity index (χ2v) is 6.79. The molecule has 1 heterocycles. The van der Waals surface area contributed by atoms with Crippen molar-refractivity contribution in [1.82, 2.24) is 4.90 Å². The van der Waals surface area contributed by atoms with Gasteiger partial charge in [0, 0.05) is 22.9 Å². The Balaban J connectivity index is 1.96. The van der Waals surface area contributed by atoms with Crippen LogP contribution in [0.2, 0.25) is 5.02 Å². The van der Waals surface area contributed by atoms with Crippen molar-refractivity contribution in [2.45, 2.75) is 18.9 Å². The summed E-state index contributed by atoms with van der Waals surface area (Å²) in [4.78, 5) is 14.3. The van der Waals surface area contributed by atoms with Crippen LogP contribution < -0.4 is 0 Å². The SMILES string of the molecule is O=C(c1cc(Br)ccc1Cl)N1CCC(OCCBr)CC1. The predicted octanol–water partition coefficient (Wildman–Crippen LogP) is 4.12. The Morgan fingerprint density at radius 3 is 2.75 bits per heavy atom. The van der Waals surface area contributed by atoms with Gasteiger partial charge in [-0.25, -0.2) is 0 Å². The fourth-order valence-corrected chi connectivity index (χ4v) is 3.01. The van der Waals surface area contributed by atoms with Crippen LogP contribution in [-0.4, -0.2) is 41.9 Å². The summed E-state index contributed by atoms with van der Waals surface area (Å²) in [5.74, 6) is -0.00441. The van der Waals surface area contributed by atoms with Crippen LogP contribution in [0, 0.1) is 0 Å². The minimum Gasteiger partial charge on any atom is -0.377 e. The highest BCUT2D eigenvalue weighted by Crippen LogP contribution is 2.24. The molecule has 1 aromatic carbocycles. The Morgan fingerprint density at radius 1 is 1.40 bits per heavy atom. The highest BCUT2D eigenvalue weighted by Gasteiger charge is 2.25. The van der Waals surface area contributed by atoms with E-state index in [1.807, 2.05) is 11.0 Å². The first kappa shape index (κ1) is 16.3. The minimum absolute atomic E-state index is 0.00441. The van der Waals surface area contributed by atoms with E-state index in [2.05, 4.69) is 31.9 Å². The zero-order chi connectivity index (χ0) is 14.5. The maximum Gasteiger partial charge on any atom is 0.255 e. The van der Waals surface area contributed by atoms with E-state index in [4.69, 9.17) is 16.3 Å². The first-order valence-corrected chi connectivity index (χ1v) is 8.83. The largest absolute Gasteiger partial charge is 0.377 e. The van der Waals surface area contributed by atoms with E-state index in [1.54, 1.807) is 12.1 Å².